The number of likely N-dealkylation sites (N-methyl/N-ethyl adjacent to an activating group) is 1. The van der Waals surface area contributed by atoms with Gasteiger partial charge in [-0.25, -0.2) is 9.37 Å². The molecule has 4 aromatic rings. The second-order valence-electron chi connectivity index (χ2n) is 9.11. The lowest BCUT2D eigenvalue weighted by molar-refractivity contribution is -0.126. The number of carbonyl (C=O) groups is 1. The normalized spacial score (nSPS) is 16.6. The van der Waals surface area contributed by atoms with Gasteiger partial charge in [0.25, 0.3) is 0 Å². The minimum atomic E-state index is -0.413. The van der Waals surface area contributed by atoms with Gasteiger partial charge in [-0.05, 0) is 50.2 Å². The predicted octanol–water partition coefficient (Wildman–Crippen LogP) is 4.12. The van der Waals surface area contributed by atoms with Gasteiger partial charge in [-0.3, -0.25) is 19.8 Å². The van der Waals surface area contributed by atoms with Crippen LogP contribution in [0.1, 0.15) is 13.8 Å². The highest BCUT2D eigenvalue weighted by atomic mass is 35.5. The Balaban J connectivity index is 1.49. The van der Waals surface area contributed by atoms with E-state index < -0.39 is 5.82 Å². The Hall–Kier alpha value is -3.56. The molecule has 1 amide bonds. The Kier molecular flexibility index (Phi) is 6.59. The number of nitrogens with zero attached hydrogens (tertiary/aromatic N) is 5. The number of pyridine rings is 2. The van der Waals surface area contributed by atoms with Gasteiger partial charge in [0.1, 0.15) is 17.6 Å². The lowest BCUT2D eigenvalue weighted by Crippen LogP contribution is -2.60. The van der Waals surface area contributed by atoms with Crippen LogP contribution >= 0.6 is 11.6 Å². The number of fused-ring (bicyclic) bond motifs is 1. The highest BCUT2D eigenvalue weighted by molar-refractivity contribution is 6.30. The van der Waals surface area contributed by atoms with E-state index in [0.717, 1.165) is 24.3 Å². The monoisotopic (exact) mass is 507 g/mol. The summed E-state index contributed by atoms with van der Waals surface area (Å²) in [4.78, 5) is 26.4. The van der Waals surface area contributed by atoms with E-state index >= 15 is 0 Å². The summed E-state index contributed by atoms with van der Waals surface area (Å²) in [5.41, 5.74) is 4.38. The second kappa shape index (κ2) is 9.83. The quantitative estimate of drug-likeness (QED) is 0.422. The first-order valence-corrected chi connectivity index (χ1v) is 12.2. The van der Waals surface area contributed by atoms with Gasteiger partial charge in [0.15, 0.2) is 0 Å². The Bertz CT molecular complexity index is 1420. The molecule has 1 saturated heterocycles. The van der Waals surface area contributed by atoms with Gasteiger partial charge < -0.3 is 10.2 Å². The zero-order valence-corrected chi connectivity index (χ0v) is 21.1. The van der Waals surface area contributed by atoms with Crippen molar-refractivity contribution in [2.24, 2.45) is 0 Å². The molecule has 8 nitrogen and oxygen atoms in total. The maximum atomic E-state index is 14.6. The molecule has 0 radical (unpaired) electrons. The molecule has 1 aliphatic heterocycles. The fourth-order valence-corrected chi connectivity index (χ4v) is 4.91. The van der Waals surface area contributed by atoms with Crippen molar-refractivity contribution in [1.82, 2.24) is 30.4 Å². The molecule has 10 heteroatoms. The van der Waals surface area contributed by atoms with Crippen molar-refractivity contribution in [3.63, 3.8) is 0 Å². The number of rotatable bonds is 5. The van der Waals surface area contributed by atoms with E-state index in [-0.39, 0.29) is 18.0 Å². The van der Waals surface area contributed by atoms with Crippen LogP contribution in [-0.2, 0) is 4.79 Å². The number of amides is 1. The zero-order valence-electron chi connectivity index (χ0n) is 20.3. The van der Waals surface area contributed by atoms with Crippen LogP contribution in [0.2, 0.25) is 5.02 Å². The summed E-state index contributed by atoms with van der Waals surface area (Å²) in [7, 11) is 1.67. The first-order valence-electron chi connectivity index (χ1n) is 11.8. The van der Waals surface area contributed by atoms with Gasteiger partial charge in [0, 0.05) is 55.1 Å². The maximum Gasteiger partial charge on any atom is 0.238 e. The number of carbonyl (C=O) groups excluding carboxylic acids is 1. The molecule has 0 aliphatic carbocycles. The number of nitrogens with one attached hydrogen (secondary N) is 2. The fourth-order valence-electron chi connectivity index (χ4n) is 4.74. The maximum absolute atomic E-state index is 14.6. The topological polar surface area (TPSA) is 90.0 Å². The molecule has 0 bridgehead atoms. The molecule has 36 heavy (non-hydrogen) atoms. The first kappa shape index (κ1) is 24.1. The molecule has 0 spiro atoms. The van der Waals surface area contributed by atoms with E-state index in [1.807, 2.05) is 24.4 Å². The van der Waals surface area contributed by atoms with Crippen molar-refractivity contribution in [1.29, 1.82) is 0 Å². The van der Waals surface area contributed by atoms with Gasteiger partial charge in [0.05, 0.1) is 28.6 Å². The number of anilines is 1. The third kappa shape index (κ3) is 4.52. The third-order valence-corrected chi connectivity index (χ3v) is 6.86. The average molecular weight is 508 g/mol. The van der Waals surface area contributed by atoms with Gasteiger partial charge >= 0.3 is 0 Å². The largest absolute Gasteiger partial charge is 0.367 e. The van der Waals surface area contributed by atoms with E-state index in [0.29, 0.717) is 39.6 Å². The summed E-state index contributed by atoms with van der Waals surface area (Å²) in [5.74, 6) is -0.410. The van der Waals surface area contributed by atoms with E-state index in [1.165, 1.54) is 12.1 Å². The summed E-state index contributed by atoms with van der Waals surface area (Å²) in [5, 5.41) is 10.3. The smallest absolute Gasteiger partial charge is 0.238 e. The SMILES string of the molecule is CNC(=O)C1CN(c2cnc3ccc(-c4c[nH]nc4-c4cc(Cl)ccc4F)nc3c2)CCN1C(C)C. The minimum Gasteiger partial charge on any atom is -0.367 e. The summed E-state index contributed by atoms with van der Waals surface area (Å²) < 4.78 is 14.6. The van der Waals surface area contributed by atoms with Crippen LogP contribution in [-0.4, -0.2) is 69.7 Å². The van der Waals surface area contributed by atoms with Crippen molar-refractivity contribution in [2.45, 2.75) is 25.9 Å². The van der Waals surface area contributed by atoms with E-state index in [9.17, 15) is 9.18 Å². The number of H-pyrrole nitrogens is 1. The Labute approximate surface area is 213 Å². The van der Waals surface area contributed by atoms with Crippen molar-refractivity contribution < 1.29 is 9.18 Å². The van der Waals surface area contributed by atoms with Crippen LogP contribution in [0.4, 0.5) is 10.1 Å². The van der Waals surface area contributed by atoms with Crippen LogP contribution < -0.4 is 10.2 Å². The lowest BCUT2D eigenvalue weighted by Gasteiger charge is -2.43. The highest BCUT2D eigenvalue weighted by Crippen LogP contribution is 2.33. The Morgan fingerprint density at radius 1 is 1.17 bits per heavy atom. The van der Waals surface area contributed by atoms with Gasteiger partial charge in [0.2, 0.25) is 5.91 Å². The van der Waals surface area contributed by atoms with Crippen LogP contribution in [0.25, 0.3) is 33.5 Å². The third-order valence-electron chi connectivity index (χ3n) is 6.62. The number of hydrogen-bond donors (Lipinski definition) is 2. The summed E-state index contributed by atoms with van der Waals surface area (Å²) in [6.07, 6.45) is 3.51. The molecule has 1 aromatic carbocycles. The molecular weight excluding hydrogens is 481 g/mol. The molecule has 0 saturated carbocycles. The number of halogens is 2. The van der Waals surface area contributed by atoms with Gasteiger partial charge in [-0.2, -0.15) is 5.10 Å². The average Bonchev–Trinajstić information content (AvgIpc) is 3.38. The van der Waals surface area contributed by atoms with Gasteiger partial charge in [-0.15, -0.1) is 0 Å². The zero-order chi connectivity index (χ0) is 25.4. The predicted molar refractivity (Wildman–Crippen MR) is 139 cm³/mol. The number of piperazine rings is 1. The molecule has 1 atom stereocenters. The molecular formula is C26H27ClFN7O. The standard InChI is InChI=1S/C26H27ClFN7O/c1-15(2)35-9-8-34(14-24(35)26(36)29-3)17-11-23-22(30-12-17)7-6-21(32-23)19-13-31-33-25(19)18-10-16(27)4-5-20(18)28/h4-7,10-13,15,24H,8-9,14H2,1-3H3,(H,29,36)(H,31,33). The summed E-state index contributed by atoms with van der Waals surface area (Å²) in [6, 6.07) is 10.1. The first-order chi connectivity index (χ1) is 17.4. The van der Waals surface area contributed by atoms with Crippen molar-refractivity contribution in [2.75, 3.05) is 31.6 Å². The van der Waals surface area contributed by atoms with Crippen molar-refractivity contribution >= 4 is 34.2 Å². The van der Waals surface area contributed by atoms with Crippen LogP contribution in [0, 0.1) is 5.82 Å². The lowest BCUT2D eigenvalue weighted by atomic mass is 10.0. The molecule has 5 rings (SSSR count). The van der Waals surface area contributed by atoms with Gasteiger partial charge in [-0.1, -0.05) is 11.6 Å². The van der Waals surface area contributed by atoms with E-state index in [4.69, 9.17) is 16.6 Å². The highest BCUT2D eigenvalue weighted by Gasteiger charge is 2.33. The van der Waals surface area contributed by atoms with Crippen molar-refractivity contribution in [3.05, 3.63) is 59.6 Å². The number of benzene rings is 1. The molecule has 186 valence electrons. The van der Waals surface area contributed by atoms with E-state index in [1.54, 1.807) is 19.3 Å². The second-order valence-corrected chi connectivity index (χ2v) is 9.54. The van der Waals surface area contributed by atoms with Crippen molar-refractivity contribution in [3.8, 4) is 22.5 Å². The van der Waals surface area contributed by atoms with Crippen LogP contribution in [0.15, 0.2) is 48.8 Å². The molecule has 2 N–H and O–H groups in total. The fraction of sp³-hybridized carbons (Fsp3) is 0.308. The van der Waals surface area contributed by atoms with Crippen LogP contribution in [0.3, 0.4) is 0 Å². The molecule has 4 heterocycles. The Morgan fingerprint density at radius 3 is 2.78 bits per heavy atom. The summed E-state index contributed by atoms with van der Waals surface area (Å²) in [6.45, 7) is 6.32. The number of hydrogen-bond acceptors (Lipinski definition) is 6. The van der Waals surface area contributed by atoms with Crippen LogP contribution in [0.5, 0.6) is 0 Å². The Morgan fingerprint density at radius 2 is 2.00 bits per heavy atom. The minimum absolute atomic E-state index is 0.00305. The molecule has 1 aliphatic rings. The summed E-state index contributed by atoms with van der Waals surface area (Å²) >= 11 is 6.11. The van der Waals surface area contributed by atoms with E-state index in [2.05, 4.69) is 44.1 Å². The molecule has 3 aromatic heterocycles. The molecule has 1 fully saturated rings. The number of aromatic nitrogens is 4. The molecule has 1 unspecified atom stereocenters. The number of aromatic amines is 1.